The molecule has 2 amide bonds. The van der Waals surface area contributed by atoms with Crippen LogP contribution >= 0.6 is 11.3 Å². The second kappa shape index (κ2) is 7.12. The van der Waals surface area contributed by atoms with E-state index in [0.717, 1.165) is 17.8 Å². The van der Waals surface area contributed by atoms with Crippen LogP contribution in [0.1, 0.15) is 37.6 Å². The standard InChI is InChI=1S/C14H19N5OS/c1-4-10(2)12-9-21-13(17-12)18-14(20)19(3)8-11-7-15-5-6-16-11/h5-7,9-10H,4,8H2,1-3H3,(H,17,18,20)/t10-/m0/s1. The molecule has 1 atom stereocenters. The van der Waals surface area contributed by atoms with Crippen molar-refractivity contribution >= 4 is 22.5 Å². The van der Waals surface area contributed by atoms with Crippen molar-refractivity contribution in [3.05, 3.63) is 35.4 Å². The quantitative estimate of drug-likeness (QED) is 0.921. The van der Waals surface area contributed by atoms with Gasteiger partial charge in [-0.1, -0.05) is 13.8 Å². The largest absolute Gasteiger partial charge is 0.323 e. The van der Waals surface area contributed by atoms with Crippen LogP contribution in [-0.2, 0) is 6.54 Å². The number of aromatic nitrogens is 3. The maximum absolute atomic E-state index is 12.1. The van der Waals surface area contributed by atoms with Crippen LogP contribution in [-0.4, -0.2) is 32.9 Å². The van der Waals surface area contributed by atoms with Crippen LogP contribution in [0, 0.1) is 0 Å². The van der Waals surface area contributed by atoms with Gasteiger partial charge < -0.3 is 4.90 Å². The van der Waals surface area contributed by atoms with Gasteiger partial charge in [0.15, 0.2) is 5.13 Å². The van der Waals surface area contributed by atoms with Crippen LogP contribution in [0.15, 0.2) is 24.0 Å². The van der Waals surface area contributed by atoms with Crippen molar-refractivity contribution < 1.29 is 4.79 Å². The van der Waals surface area contributed by atoms with Gasteiger partial charge in [0.2, 0.25) is 0 Å². The predicted octanol–water partition coefficient (Wildman–Crippen LogP) is 3.11. The SMILES string of the molecule is CC[C@H](C)c1csc(NC(=O)N(C)Cc2cnccn2)n1. The fourth-order valence-corrected chi connectivity index (χ4v) is 2.51. The first-order valence-electron chi connectivity index (χ1n) is 6.82. The molecule has 0 saturated carbocycles. The number of rotatable bonds is 5. The van der Waals surface area contributed by atoms with Crippen LogP contribution in [0.25, 0.3) is 0 Å². The van der Waals surface area contributed by atoms with Gasteiger partial charge in [-0.05, 0) is 12.3 Å². The third kappa shape index (κ3) is 4.22. The van der Waals surface area contributed by atoms with E-state index in [9.17, 15) is 4.79 Å². The van der Waals surface area contributed by atoms with Gasteiger partial charge in [-0.25, -0.2) is 9.78 Å². The molecule has 0 bridgehead atoms. The van der Waals surface area contributed by atoms with E-state index in [0.29, 0.717) is 17.6 Å². The van der Waals surface area contributed by atoms with Gasteiger partial charge in [0.1, 0.15) is 0 Å². The van der Waals surface area contributed by atoms with Gasteiger partial charge in [0.05, 0.1) is 24.1 Å². The average Bonchev–Trinajstić information content (AvgIpc) is 2.96. The lowest BCUT2D eigenvalue weighted by atomic mass is 10.1. The molecule has 1 N–H and O–H groups in total. The molecule has 6 nitrogen and oxygen atoms in total. The number of carbonyl (C=O) groups excluding carboxylic acids is 1. The van der Waals surface area contributed by atoms with E-state index < -0.39 is 0 Å². The van der Waals surface area contributed by atoms with Crippen molar-refractivity contribution in [3.63, 3.8) is 0 Å². The molecule has 0 aliphatic heterocycles. The summed E-state index contributed by atoms with van der Waals surface area (Å²) in [5.41, 5.74) is 1.77. The first-order valence-corrected chi connectivity index (χ1v) is 7.70. The van der Waals surface area contributed by atoms with E-state index in [2.05, 4.69) is 34.1 Å². The van der Waals surface area contributed by atoms with Gasteiger partial charge in [-0.15, -0.1) is 11.3 Å². The molecule has 2 rings (SSSR count). The zero-order chi connectivity index (χ0) is 15.2. The first kappa shape index (κ1) is 15.4. The van der Waals surface area contributed by atoms with Gasteiger partial charge in [-0.3, -0.25) is 15.3 Å². The van der Waals surface area contributed by atoms with Crippen LogP contribution in [0.4, 0.5) is 9.93 Å². The summed E-state index contributed by atoms with van der Waals surface area (Å²) < 4.78 is 0. The third-order valence-electron chi connectivity index (χ3n) is 3.22. The lowest BCUT2D eigenvalue weighted by Gasteiger charge is -2.16. The zero-order valence-electron chi connectivity index (χ0n) is 12.4. The smallest absolute Gasteiger partial charge is 0.322 e. The molecule has 0 spiro atoms. The Morgan fingerprint density at radius 2 is 2.29 bits per heavy atom. The zero-order valence-corrected chi connectivity index (χ0v) is 13.2. The predicted molar refractivity (Wildman–Crippen MR) is 83.3 cm³/mol. The number of amides is 2. The molecule has 2 aromatic rings. The van der Waals surface area contributed by atoms with Crippen LogP contribution in [0.3, 0.4) is 0 Å². The minimum Gasteiger partial charge on any atom is -0.322 e. The minimum absolute atomic E-state index is 0.203. The monoisotopic (exact) mass is 305 g/mol. The highest BCUT2D eigenvalue weighted by Crippen LogP contribution is 2.24. The number of hydrogen-bond acceptors (Lipinski definition) is 5. The van der Waals surface area contributed by atoms with Gasteiger partial charge in [0, 0.05) is 24.8 Å². The molecular weight excluding hydrogens is 286 g/mol. The Morgan fingerprint density at radius 1 is 1.48 bits per heavy atom. The second-order valence-corrected chi connectivity index (χ2v) is 5.73. The molecule has 0 aliphatic carbocycles. The molecule has 0 fully saturated rings. The van der Waals surface area contributed by atoms with E-state index in [4.69, 9.17) is 0 Å². The Morgan fingerprint density at radius 3 is 2.95 bits per heavy atom. The third-order valence-corrected chi connectivity index (χ3v) is 3.99. The molecule has 0 aromatic carbocycles. The molecule has 0 unspecified atom stereocenters. The lowest BCUT2D eigenvalue weighted by molar-refractivity contribution is 0.220. The minimum atomic E-state index is -0.203. The number of thiazole rings is 1. The highest BCUT2D eigenvalue weighted by Gasteiger charge is 2.13. The Labute approximate surface area is 128 Å². The fourth-order valence-electron chi connectivity index (χ4n) is 1.69. The van der Waals surface area contributed by atoms with Gasteiger partial charge >= 0.3 is 6.03 Å². The van der Waals surface area contributed by atoms with E-state index in [1.807, 2.05) is 5.38 Å². The van der Waals surface area contributed by atoms with Crippen LogP contribution in [0.2, 0.25) is 0 Å². The van der Waals surface area contributed by atoms with Crippen molar-refractivity contribution in [3.8, 4) is 0 Å². The molecule has 112 valence electrons. The summed E-state index contributed by atoms with van der Waals surface area (Å²) in [6.45, 7) is 4.65. The molecule has 21 heavy (non-hydrogen) atoms. The van der Waals surface area contributed by atoms with Crippen molar-refractivity contribution in [1.29, 1.82) is 0 Å². The Balaban J connectivity index is 1.93. The molecule has 7 heteroatoms. The normalized spacial score (nSPS) is 12.0. The number of hydrogen-bond donors (Lipinski definition) is 1. The summed E-state index contributed by atoms with van der Waals surface area (Å²) in [5.74, 6) is 0.407. The molecular formula is C14H19N5OS. The van der Waals surface area contributed by atoms with Crippen molar-refractivity contribution in [2.45, 2.75) is 32.7 Å². The molecule has 0 saturated heterocycles. The highest BCUT2D eigenvalue weighted by atomic mass is 32.1. The number of nitrogens with zero attached hydrogens (tertiary/aromatic N) is 4. The molecule has 0 radical (unpaired) electrons. The topological polar surface area (TPSA) is 71.0 Å². The summed E-state index contributed by atoms with van der Waals surface area (Å²) >= 11 is 1.45. The average molecular weight is 305 g/mol. The Kier molecular flexibility index (Phi) is 5.21. The van der Waals surface area contributed by atoms with Crippen molar-refractivity contribution in [2.75, 3.05) is 12.4 Å². The summed E-state index contributed by atoms with van der Waals surface area (Å²) in [5, 5.41) is 5.43. The van der Waals surface area contributed by atoms with E-state index in [1.54, 1.807) is 30.5 Å². The highest BCUT2D eigenvalue weighted by molar-refractivity contribution is 7.13. The molecule has 2 heterocycles. The Bertz CT molecular complexity index is 586. The lowest BCUT2D eigenvalue weighted by Crippen LogP contribution is -2.31. The van der Waals surface area contributed by atoms with Crippen molar-refractivity contribution in [2.24, 2.45) is 0 Å². The van der Waals surface area contributed by atoms with E-state index >= 15 is 0 Å². The summed E-state index contributed by atoms with van der Waals surface area (Å²) in [6.07, 6.45) is 5.90. The molecule has 2 aromatic heterocycles. The Hall–Kier alpha value is -2.02. The van der Waals surface area contributed by atoms with Crippen molar-refractivity contribution in [1.82, 2.24) is 19.9 Å². The number of urea groups is 1. The van der Waals surface area contributed by atoms with Crippen LogP contribution < -0.4 is 5.32 Å². The maximum Gasteiger partial charge on any atom is 0.323 e. The van der Waals surface area contributed by atoms with Crippen LogP contribution in [0.5, 0.6) is 0 Å². The van der Waals surface area contributed by atoms with Gasteiger partial charge in [-0.2, -0.15) is 0 Å². The van der Waals surface area contributed by atoms with E-state index in [-0.39, 0.29) is 6.03 Å². The molecule has 0 aliphatic rings. The number of carbonyl (C=O) groups is 1. The summed E-state index contributed by atoms with van der Waals surface area (Å²) in [4.78, 5) is 26.2. The van der Waals surface area contributed by atoms with E-state index in [1.165, 1.54) is 11.3 Å². The summed E-state index contributed by atoms with van der Waals surface area (Å²) in [6, 6.07) is -0.203. The van der Waals surface area contributed by atoms with Gasteiger partial charge in [0.25, 0.3) is 0 Å². The fraction of sp³-hybridized carbons (Fsp3) is 0.429. The summed E-state index contributed by atoms with van der Waals surface area (Å²) in [7, 11) is 1.72. The second-order valence-electron chi connectivity index (χ2n) is 4.87. The number of anilines is 1. The number of nitrogens with one attached hydrogen (secondary N) is 1. The maximum atomic E-state index is 12.1. The first-order chi connectivity index (χ1) is 10.1.